The number of rotatable bonds is 8. The number of hydrogen-bond donors (Lipinski definition) is 1. The van der Waals surface area contributed by atoms with Crippen LogP contribution in [0.3, 0.4) is 0 Å². The summed E-state index contributed by atoms with van der Waals surface area (Å²) in [6.07, 6.45) is 2.57. The summed E-state index contributed by atoms with van der Waals surface area (Å²) in [5.41, 5.74) is 2.65. The first-order chi connectivity index (χ1) is 15.5. The van der Waals surface area contributed by atoms with E-state index in [0.717, 1.165) is 12.1 Å². The van der Waals surface area contributed by atoms with Crippen LogP contribution in [0.1, 0.15) is 24.0 Å². The predicted octanol–water partition coefficient (Wildman–Crippen LogP) is 3.18. The van der Waals surface area contributed by atoms with Gasteiger partial charge in [0.2, 0.25) is 11.7 Å². The molecule has 32 heavy (non-hydrogen) atoms. The lowest BCUT2D eigenvalue weighted by molar-refractivity contribution is 0.327. The van der Waals surface area contributed by atoms with Gasteiger partial charge in [-0.3, -0.25) is 14.7 Å². The molecule has 2 aromatic carbocycles. The monoisotopic (exact) mass is 438 g/mol. The molecule has 1 saturated heterocycles. The highest BCUT2D eigenvalue weighted by atomic mass is 16.5. The minimum Gasteiger partial charge on any atom is -0.493 e. The van der Waals surface area contributed by atoms with Crippen molar-refractivity contribution in [2.75, 3.05) is 46.4 Å². The number of H-pyrrole nitrogens is 1. The number of likely N-dealkylation sites (tertiary alicyclic amines) is 1. The Morgan fingerprint density at radius 1 is 1.03 bits per heavy atom. The van der Waals surface area contributed by atoms with Gasteiger partial charge in [-0.15, -0.1) is 0 Å². The molecule has 0 unspecified atom stereocenters. The number of ether oxygens (including phenoxy) is 3. The van der Waals surface area contributed by atoms with Crippen LogP contribution >= 0.6 is 0 Å². The Kier molecular flexibility index (Phi) is 6.50. The number of anilines is 1. The van der Waals surface area contributed by atoms with Crippen LogP contribution in [0.25, 0.3) is 10.9 Å². The van der Waals surface area contributed by atoms with Gasteiger partial charge < -0.3 is 19.1 Å². The molecule has 1 aromatic heterocycles. The van der Waals surface area contributed by atoms with Gasteiger partial charge in [0.25, 0.3) is 5.56 Å². The predicted molar refractivity (Wildman–Crippen MR) is 125 cm³/mol. The molecule has 1 N–H and O–H groups in total. The maximum absolute atomic E-state index is 12.9. The highest BCUT2D eigenvalue weighted by Gasteiger charge is 2.21. The zero-order chi connectivity index (χ0) is 22.7. The quantitative estimate of drug-likeness (QED) is 0.579. The Morgan fingerprint density at radius 2 is 1.75 bits per heavy atom. The highest BCUT2D eigenvalue weighted by molar-refractivity contribution is 5.90. The molecule has 8 nitrogen and oxygen atoms in total. The van der Waals surface area contributed by atoms with Gasteiger partial charge in [0.15, 0.2) is 11.5 Å². The SMILES string of the molecule is COc1cc2nc(N(C)Cc3cccc(CN4CCCC4)c3)[nH]c(=O)c2c(OC)c1OC. The van der Waals surface area contributed by atoms with Crippen LogP contribution in [-0.2, 0) is 13.1 Å². The Hall–Kier alpha value is -3.26. The molecule has 0 spiro atoms. The smallest absolute Gasteiger partial charge is 0.264 e. The molecule has 0 amide bonds. The van der Waals surface area contributed by atoms with Crippen molar-refractivity contribution in [2.24, 2.45) is 0 Å². The fourth-order valence-electron chi connectivity index (χ4n) is 4.31. The van der Waals surface area contributed by atoms with Crippen LogP contribution in [0.5, 0.6) is 17.2 Å². The average Bonchev–Trinajstić information content (AvgIpc) is 3.30. The van der Waals surface area contributed by atoms with Crippen molar-refractivity contribution in [3.63, 3.8) is 0 Å². The van der Waals surface area contributed by atoms with Gasteiger partial charge >= 0.3 is 0 Å². The molecule has 1 aliphatic rings. The number of methoxy groups -OCH3 is 3. The van der Waals surface area contributed by atoms with Gasteiger partial charge in [0, 0.05) is 26.2 Å². The Balaban J connectivity index is 1.63. The second-order valence-electron chi connectivity index (χ2n) is 8.09. The van der Waals surface area contributed by atoms with Crippen LogP contribution in [0.4, 0.5) is 5.95 Å². The first kappa shape index (κ1) is 22.0. The second kappa shape index (κ2) is 9.48. The third kappa shape index (κ3) is 4.36. The number of aromatic amines is 1. The van der Waals surface area contributed by atoms with Crippen molar-refractivity contribution in [1.82, 2.24) is 14.9 Å². The summed E-state index contributed by atoms with van der Waals surface area (Å²) in [7, 11) is 6.45. The van der Waals surface area contributed by atoms with Crippen LogP contribution in [0, 0.1) is 0 Å². The minimum atomic E-state index is -0.294. The van der Waals surface area contributed by atoms with Crippen molar-refractivity contribution < 1.29 is 14.2 Å². The summed E-state index contributed by atoms with van der Waals surface area (Å²) in [4.78, 5) is 24.9. The van der Waals surface area contributed by atoms with Gasteiger partial charge in [-0.05, 0) is 37.1 Å². The molecule has 0 aliphatic carbocycles. The van der Waals surface area contributed by atoms with Crippen LogP contribution in [-0.4, -0.2) is 56.3 Å². The maximum Gasteiger partial charge on any atom is 0.264 e. The van der Waals surface area contributed by atoms with E-state index in [9.17, 15) is 4.79 Å². The number of nitrogens with zero attached hydrogens (tertiary/aromatic N) is 3. The third-order valence-corrected chi connectivity index (χ3v) is 5.87. The van der Waals surface area contributed by atoms with Crippen LogP contribution in [0.15, 0.2) is 35.1 Å². The van der Waals surface area contributed by atoms with E-state index in [1.807, 2.05) is 11.9 Å². The highest BCUT2D eigenvalue weighted by Crippen LogP contribution is 2.41. The van der Waals surface area contributed by atoms with Gasteiger partial charge in [-0.1, -0.05) is 24.3 Å². The van der Waals surface area contributed by atoms with E-state index >= 15 is 0 Å². The summed E-state index contributed by atoms with van der Waals surface area (Å²) < 4.78 is 16.3. The Morgan fingerprint density at radius 3 is 2.44 bits per heavy atom. The van der Waals surface area contributed by atoms with Gasteiger partial charge in [-0.25, -0.2) is 4.98 Å². The molecule has 4 rings (SSSR count). The zero-order valence-electron chi connectivity index (χ0n) is 19.1. The Labute approximate surface area is 187 Å². The van der Waals surface area contributed by atoms with Crippen LogP contribution < -0.4 is 24.7 Å². The molecular formula is C24H30N4O4. The fraction of sp³-hybridized carbons (Fsp3) is 0.417. The molecule has 2 heterocycles. The van der Waals surface area contributed by atoms with E-state index in [-0.39, 0.29) is 5.56 Å². The minimum absolute atomic E-state index is 0.294. The van der Waals surface area contributed by atoms with E-state index in [2.05, 4.69) is 39.1 Å². The number of aromatic nitrogens is 2. The molecule has 1 fully saturated rings. The van der Waals surface area contributed by atoms with Crippen molar-refractivity contribution in [3.8, 4) is 17.2 Å². The van der Waals surface area contributed by atoms with Crippen molar-refractivity contribution in [3.05, 3.63) is 51.8 Å². The molecule has 0 bridgehead atoms. The third-order valence-electron chi connectivity index (χ3n) is 5.87. The molecule has 8 heteroatoms. The van der Waals surface area contributed by atoms with Gasteiger partial charge in [0.05, 0.1) is 26.8 Å². The van der Waals surface area contributed by atoms with Crippen LogP contribution in [0.2, 0.25) is 0 Å². The summed E-state index contributed by atoms with van der Waals surface area (Å²) in [6.45, 7) is 3.94. The lowest BCUT2D eigenvalue weighted by Crippen LogP contribution is -2.23. The van der Waals surface area contributed by atoms with Gasteiger partial charge in [-0.2, -0.15) is 0 Å². The number of benzene rings is 2. The summed E-state index contributed by atoms with van der Waals surface area (Å²) in [6, 6.07) is 10.3. The normalized spacial score (nSPS) is 14.0. The van der Waals surface area contributed by atoms with Gasteiger partial charge in [0.1, 0.15) is 5.39 Å². The van der Waals surface area contributed by atoms with Crippen molar-refractivity contribution in [2.45, 2.75) is 25.9 Å². The topological polar surface area (TPSA) is 79.9 Å². The summed E-state index contributed by atoms with van der Waals surface area (Å²) in [5, 5.41) is 0.329. The van der Waals surface area contributed by atoms with E-state index in [4.69, 9.17) is 14.2 Å². The summed E-state index contributed by atoms with van der Waals surface area (Å²) >= 11 is 0. The second-order valence-corrected chi connectivity index (χ2v) is 8.09. The largest absolute Gasteiger partial charge is 0.493 e. The first-order valence-electron chi connectivity index (χ1n) is 10.8. The average molecular weight is 439 g/mol. The molecule has 0 radical (unpaired) electrons. The number of fused-ring (bicyclic) bond motifs is 1. The molecule has 170 valence electrons. The number of hydrogen-bond acceptors (Lipinski definition) is 7. The maximum atomic E-state index is 12.9. The van der Waals surface area contributed by atoms with Crippen molar-refractivity contribution >= 4 is 16.9 Å². The molecular weight excluding hydrogens is 408 g/mol. The lowest BCUT2D eigenvalue weighted by Gasteiger charge is -2.20. The van der Waals surface area contributed by atoms with E-state index in [0.29, 0.717) is 40.6 Å². The molecule has 0 atom stereocenters. The van der Waals surface area contributed by atoms with E-state index < -0.39 is 0 Å². The molecule has 1 aliphatic heterocycles. The zero-order valence-corrected chi connectivity index (χ0v) is 19.1. The molecule has 3 aromatic rings. The van der Waals surface area contributed by atoms with E-state index in [1.165, 1.54) is 45.7 Å². The molecule has 0 saturated carbocycles. The Bertz CT molecular complexity index is 1150. The first-order valence-corrected chi connectivity index (χ1v) is 10.8. The standard InChI is InChI=1S/C24H30N4O4/c1-27(14-16-8-7-9-17(12-16)15-28-10-5-6-11-28)24-25-18-13-19(30-2)21(31-3)22(32-4)20(18)23(29)26-24/h7-9,12-13H,5-6,10-11,14-15H2,1-4H3,(H,25,26,29). The fourth-order valence-corrected chi connectivity index (χ4v) is 4.31. The van der Waals surface area contributed by atoms with Crippen molar-refractivity contribution in [1.29, 1.82) is 0 Å². The number of nitrogens with one attached hydrogen (secondary N) is 1. The lowest BCUT2D eigenvalue weighted by atomic mass is 10.1. The van der Waals surface area contributed by atoms with E-state index in [1.54, 1.807) is 13.2 Å². The summed E-state index contributed by atoms with van der Waals surface area (Å²) in [5.74, 6) is 1.60.